The number of rotatable bonds is 4. The lowest BCUT2D eigenvalue weighted by molar-refractivity contribution is -0.141. The summed E-state index contributed by atoms with van der Waals surface area (Å²) >= 11 is 1.54. The van der Waals surface area contributed by atoms with E-state index in [1.807, 2.05) is 6.92 Å². The number of carbonyl (C=O) groups excluding carboxylic acids is 1. The monoisotopic (exact) mass is 440 g/mol. The molecule has 1 unspecified atom stereocenters. The van der Waals surface area contributed by atoms with Crippen LogP contribution in [0.2, 0.25) is 0 Å². The maximum atomic E-state index is 12.6. The molecule has 1 atom stereocenters. The van der Waals surface area contributed by atoms with Gasteiger partial charge >= 0.3 is 0 Å². The molecule has 31 heavy (non-hydrogen) atoms. The maximum Gasteiger partial charge on any atom is 0.263 e. The Bertz CT molecular complexity index is 1120. The van der Waals surface area contributed by atoms with E-state index in [2.05, 4.69) is 39.8 Å². The lowest BCUT2D eigenvalue weighted by Crippen LogP contribution is -2.39. The summed E-state index contributed by atoms with van der Waals surface area (Å²) in [4.78, 5) is 20.7. The Labute approximate surface area is 185 Å². The van der Waals surface area contributed by atoms with Crippen LogP contribution in [0.4, 0.5) is 11.5 Å². The molecule has 164 valence electrons. The van der Waals surface area contributed by atoms with Gasteiger partial charge in [0, 0.05) is 61.3 Å². The molecule has 1 amide bonds. The van der Waals surface area contributed by atoms with Gasteiger partial charge in [-0.3, -0.25) is 4.79 Å². The third-order valence-electron chi connectivity index (χ3n) is 6.39. The number of thiophene rings is 1. The fourth-order valence-electron chi connectivity index (χ4n) is 4.77. The van der Waals surface area contributed by atoms with Crippen molar-refractivity contribution in [1.29, 1.82) is 0 Å². The topological polar surface area (TPSA) is 75.7 Å². The number of benzene rings is 1. The maximum absolute atomic E-state index is 12.6. The van der Waals surface area contributed by atoms with Gasteiger partial charge in [-0.15, -0.1) is 11.3 Å². The van der Waals surface area contributed by atoms with Crippen LogP contribution in [0.15, 0.2) is 24.3 Å². The van der Waals surface area contributed by atoms with Gasteiger partial charge in [0.15, 0.2) is 6.29 Å². The van der Waals surface area contributed by atoms with Crippen molar-refractivity contribution in [3.8, 4) is 0 Å². The second-order valence-electron chi connectivity index (χ2n) is 8.40. The van der Waals surface area contributed by atoms with Crippen molar-refractivity contribution < 1.29 is 14.3 Å². The Morgan fingerprint density at radius 1 is 1.16 bits per heavy atom. The molecular formula is C23H28N4O3S. The first kappa shape index (κ1) is 20.5. The van der Waals surface area contributed by atoms with Crippen molar-refractivity contribution >= 4 is 49.7 Å². The summed E-state index contributed by atoms with van der Waals surface area (Å²) in [6, 6.07) is 8.51. The van der Waals surface area contributed by atoms with Crippen LogP contribution in [0, 0.1) is 5.92 Å². The minimum absolute atomic E-state index is 0.000257. The van der Waals surface area contributed by atoms with Crippen LogP contribution in [0.5, 0.6) is 0 Å². The summed E-state index contributed by atoms with van der Waals surface area (Å²) in [5, 5.41) is 8.72. The van der Waals surface area contributed by atoms with Crippen LogP contribution in [0.3, 0.4) is 0 Å². The molecule has 0 saturated carbocycles. The number of nitrogens with zero attached hydrogens (tertiary/aromatic N) is 2. The molecule has 5 rings (SSSR count). The Hall–Kier alpha value is -2.42. The average Bonchev–Trinajstić information content (AvgIpc) is 3.11. The van der Waals surface area contributed by atoms with Crippen LogP contribution >= 0.6 is 11.3 Å². The zero-order chi connectivity index (χ0) is 21.5. The molecule has 2 aliphatic rings. The fourth-order valence-corrected chi connectivity index (χ4v) is 5.87. The first-order valence-corrected chi connectivity index (χ1v) is 11.6. The number of ether oxygens (including phenoxy) is 2. The smallest absolute Gasteiger partial charge is 0.263 e. The highest BCUT2D eigenvalue weighted by atomic mass is 32.1. The molecule has 2 N–H and O–H groups in total. The molecule has 2 aromatic heterocycles. The van der Waals surface area contributed by atoms with Gasteiger partial charge in [0.1, 0.15) is 10.7 Å². The van der Waals surface area contributed by atoms with Gasteiger partial charge in [-0.2, -0.15) is 0 Å². The van der Waals surface area contributed by atoms with Crippen molar-refractivity contribution in [1.82, 2.24) is 10.3 Å². The van der Waals surface area contributed by atoms with Crippen LogP contribution in [0.1, 0.15) is 29.4 Å². The van der Waals surface area contributed by atoms with Crippen LogP contribution < -0.4 is 15.5 Å². The largest absolute Gasteiger partial charge is 0.381 e. The third kappa shape index (κ3) is 3.62. The van der Waals surface area contributed by atoms with Gasteiger partial charge in [0.25, 0.3) is 5.91 Å². The van der Waals surface area contributed by atoms with E-state index in [1.165, 1.54) is 0 Å². The van der Waals surface area contributed by atoms with Gasteiger partial charge in [-0.1, -0.05) is 0 Å². The van der Waals surface area contributed by atoms with Crippen molar-refractivity contribution in [2.75, 3.05) is 44.1 Å². The Balaban J connectivity index is 1.46. The number of hydrogen-bond donors (Lipinski definition) is 2. The van der Waals surface area contributed by atoms with Gasteiger partial charge < -0.3 is 25.0 Å². The summed E-state index contributed by atoms with van der Waals surface area (Å²) in [5.41, 5.74) is 1.90. The number of pyridine rings is 1. The van der Waals surface area contributed by atoms with E-state index in [-0.39, 0.29) is 18.2 Å². The minimum atomic E-state index is -0.138. The highest BCUT2D eigenvalue weighted by Gasteiger charge is 2.28. The van der Waals surface area contributed by atoms with Crippen molar-refractivity contribution in [3.63, 3.8) is 0 Å². The number of nitrogens with one attached hydrogen (secondary N) is 2. The quantitative estimate of drug-likeness (QED) is 0.601. The molecule has 0 bridgehead atoms. The lowest BCUT2D eigenvalue weighted by atomic mass is 9.96. The first-order chi connectivity index (χ1) is 15.1. The second-order valence-corrected chi connectivity index (χ2v) is 9.45. The number of piperidine rings is 1. The molecule has 4 heterocycles. The van der Waals surface area contributed by atoms with Crippen molar-refractivity contribution in [2.45, 2.75) is 32.1 Å². The second kappa shape index (κ2) is 8.26. The molecular weight excluding hydrogens is 412 g/mol. The molecule has 2 aliphatic heterocycles. The lowest BCUT2D eigenvalue weighted by Gasteiger charge is -2.35. The standard InChI is InChI=1S/C23H28N4O3S/c1-13-12-24-20-19-15-4-7-18(27-10-8-14(9-11-27)23(29-2)30-3)26-16(15)5-6-17(19)31-21(20)22(28)25-13/h4-7,13-14,23-24H,8-12H2,1-3H3,(H,25,28). The van der Waals surface area contributed by atoms with Gasteiger partial charge in [-0.25, -0.2) is 4.98 Å². The van der Waals surface area contributed by atoms with Crippen molar-refractivity contribution in [3.05, 3.63) is 29.1 Å². The fraction of sp³-hybridized carbons (Fsp3) is 0.478. The zero-order valence-corrected chi connectivity index (χ0v) is 18.9. The number of carbonyl (C=O) groups is 1. The summed E-state index contributed by atoms with van der Waals surface area (Å²) in [6.07, 6.45) is 1.89. The Morgan fingerprint density at radius 2 is 1.94 bits per heavy atom. The predicted octanol–water partition coefficient (Wildman–Crippen LogP) is 3.83. The highest BCUT2D eigenvalue weighted by Crippen LogP contribution is 2.41. The number of aromatic nitrogens is 1. The van der Waals surface area contributed by atoms with E-state index in [4.69, 9.17) is 14.5 Å². The number of amides is 1. The molecule has 3 aromatic rings. The number of anilines is 2. The van der Waals surface area contributed by atoms with E-state index in [0.29, 0.717) is 12.5 Å². The first-order valence-electron chi connectivity index (χ1n) is 10.8. The van der Waals surface area contributed by atoms with Gasteiger partial charge in [0.05, 0.1) is 11.2 Å². The zero-order valence-electron chi connectivity index (χ0n) is 18.1. The molecule has 1 fully saturated rings. The Kier molecular flexibility index (Phi) is 5.45. The van der Waals surface area contributed by atoms with Crippen LogP contribution in [-0.4, -0.2) is 57.1 Å². The predicted molar refractivity (Wildman–Crippen MR) is 125 cm³/mol. The normalized spacial score (nSPS) is 20.1. The van der Waals surface area contributed by atoms with Crippen molar-refractivity contribution in [2.24, 2.45) is 5.92 Å². The molecule has 0 spiro atoms. The van der Waals surface area contributed by atoms with E-state index < -0.39 is 0 Å². The molecule has 0 radical (unpaired) electrons. The number of methoxy groups -OCH3 is 2. The summed E-state index contributed by atoms with van der Waals surface area (Å²) in [5.74, 6) is 1.41. The van der Waals surface area contributed by atoms with Crippen LogP contribution in [0.25, 0.3) is 21.0 Å². The summed E-state index contributed by atoms with van der Waals surface area (Å²) in [7, 11) is 3.41. The SMILES string of the molecule is COC(OC)C1CCN(c2ccc3c(ccc4sc5c(c43)NCC(C)NC5=O)n2)CC1. The summed E-state index contributed by atoms with van der Waals surface area (Å²) < 4.78 is 12.0. The minimum Gasteiger partial charge on any atom is -0.381 e. The van der Waals surface area contributed by atoms with E-state index in [1.54, 1.807) is 25.6 Å². The highest BCUT2D eigenvalue weighted by molar-refractivity contribution is 7.21. The Morgan fingerprint density at radius 3 is 2.68 bits per heavy atom. The number of hydrogen-bond acceptors (Lipinski definition) is 7. The van der Waals surface area contributed by atoms with E-state index in [0.717, 1.165) is 63.3 Å². The van der Waals surface area contributed by atoms with Gasteiger partial charge in [0.2, 0.25) is 0 Å². The molecule has 7 nitrogen and oxygen atoms in total. The van der Waals surface area contributed by atoms with E-state index >= 15 is 0 Å². The molecule has 1 saturated heterocycles. The summed E-state index contributed by atoms with van der Waals surface area (Å²) in [6.45, 7) is 4.59. The molecule has 1 aromatic carbocycles. The molecule has 0 aliphatic carbocycles. The number of fused-ring (bicyclic) bond motifs is 5. The average molecular weight is 441 g/mol. The van der Waals surface area contributed by atoms with Crippen LogP contribution in [-0.2, 0) is 9.47 Å². The third-order valence-corrected chi connectivity index (χ3v) is 7.54. The van der Waals surface area contributed by atoms with Gasteiger partial charge in [-0.05, 0) is 44.0 Å². The van der Waals surface area contributed by atoms with E-state index in [9.17, 15) is 4.79 Å². The molecule has 8 heteroatoms.